The normalized spacial score (nSPS) is 18.5. The number of hydrogen-bond donors (Lipinski definition) is 1. The van der Waals surface area contributed by atoms with Crippen molar-refractivity contribution in [2.75, 3.05) is 6.54 Å². The van der Waals surface area contributed by atoms with Gasteiger partial charge in [-0.15, -0.1) is 0 Å². The first-order chi connectivity index (χ1) is 7.49. The van der Waals surface area contributed by atoms with E-state index in [1.54, 1.807) is 5.57 Å². The van der Waals surface area contributed by atoms with Crippen molar-refractivity contribution in [2.45, 2.75) is 65.3 Å². The molecule has 0 radical (unpaired) electrons. The lowest BCUT2D eigenvalue weighted by molar-refractivity contribution is 0.431. The van der Waals surface area contributed by atoms with Gasteiger partial charge in [-0.25, -0.2) is 0 Å². The molecule has 0 unspecified atom stereocenters. The van der Waals surface area contributed by atoms with Gasteiger partial charge in [-0.3, -0.25) is 0 Å². The lowest BCUT2D eigenvalue weighted by Crippen LogP contribution is -2.36. The monoisotopic (exact) mass is 221 g/mol. The Bertz CT molecular complexity index is 266. The molecule has 0 bridgehead atoms. The molecule has 1 heteroatoms. The van der Waals surface area contributed by atoms with E-state index in [0.717, 1.165) is 13.0 Å². The van der Waals surface area contributed by atoms with Crippen LogP contribution < -0.4 is 5.32 Å². The van der Waals surface area contributed by atoms with Gasteiger partial charge in [0.05, 0.1) is 0 Å². The van der Waals surface area contributed by atoms with Crippen LogP contribution in [0.1, 0.15) is 59.8 Å². The van der Waals surface area contributed by atoms with Gasteiger partial charge in [-0.2, -0.15) is 0 Å². The Hall–Kier alpha value is -0.560. The SMILES string of the molecule is CC(=CCCNC(C)(C)C)C1=CCCCC1. The zero-order chi connectivity index (χ0) is 12.0. The van der Waals surface area contributed by atoms with Crippen LogP contribution in [-0.4, -0.2) is 12.1 Å². The standard InChI is InChI=1S/C15H27N/c1-13(14-10-6-5-7-11-14)9-8-12-16-15(2,3)4/h9-10,16H,5-8,11-12H2,1-4H3. The van der Waals surface area contributed by atoms with Crippen molar-refractivity contribution in [2.24, 2.45) is 0 Å². The van der Waals surface area contributed by atoms with E-state index in [1.807, 2.05) is 0 Å². The summed E-state index contributed by atoms with van der Waals surface area (Å²) in [6.45, 7) is 9.98. The topological polar surface area (TPSA) is 12.0 Å². The molecule has 1 nitrogen and oxygen atoms in total. The molecular formula is C15H27N. The Morgan fingerprint density at radius 3 is 2.69 bits per heavy atom. The van der Waals surface area contributed by atoms with Crippen molar-refractivity contribution < 1.29 is 0 Å². The summed E-state index contributed by atoms with van der Waals surface area (Å²) in [7, 11) is 0. The van der Waals surface area contributed by atoms with Crippen LogP contribution >= 0.6 is 0 Å². The molecule has 1 rings (SSSR count). The largest absolute Gasteiger partial charge is 0.312 e. The van der Waals surface area contributed by atoms with Gasteiger partial charge in [0.1, 0.15) is 0 Å². The summed E-state index contributed by atoms with van der Waals surface area (Å²) < 4.78 is 0. The lowest BCUT2D eigenvalue weighted by atomic mass is 9.94. The molecule has 0 aliphatic heterocycles. The Labute approximate surface area is 101 Å². The van der Waals surface area contributed by atoms with Crippen LogP contribution in [0.2, 0.25) is 0 Å². The van der Waals surface area contributed by atoms with Crippen molar-refractivity contribution in [1.29, 1.82) is 0 Å². The van der Waals surface area contributed by atoms with E-state index in [-0.39, 0.29) is 5.54 Å². The van der Waals surface area contributed by atoms with Crippen molar-refractivity contribution in [3.05, 3.63) is 23.3 Å². The molecule has 1 N–H and O–H groups in total. The summed E-state index contributed by atoms with van der Waals surface area (Å²) in [5, 5.41) is 3.52. The minimum Gasteiger partial charge on any atom is -0.312 e. The van der Waals surface area contributed by atoms with Crippen LogP contribution in [0.15, 0.2) is 23.3 Å². The molecule has 16 heavy (non-hydrogen) atoms. The van der Waals surface area contributed by atoms with E-state index < -0.39 is 0 Å². The van der Waals surface area contributed by atoms with Crippen LogP contribution in [0.5, 0.6) is 0 Å². The maximum atomic E-state index is 3.52. The Kier molecular flexibility index (Phi) is 5.27. The van der Waals surface area contributed by atoms with E-state index in [2.05, 4.69) is 45.2 Å². The first kappa shape index (κ1) is 13.5. The molecule has 0 saturated carbocycles. The quantitative estimate of drug-likeness (QED) is 0.701. The van der Waals surface area contributed by atoms with Crippen LogP contribution in [0, 0.1) is 0 Å². The highest BCUT2D eigenvalue weighted by Crippen LogP contribution is 2.23. The predicted octanol–water partition coefficient (Wildman–Crippen LogP) is 4.21. The molecule has 0 amide bonds. The highest BCUT2D eigenvalue weighted by molar-refractivity contribution is 5.29. The number of hydrogen-bond acceptors (Lipinski definition) is 1. The van der Waals surface area contributed by atoms with Crippen molar-refractivity contribution in [3.63, 3.8) is 0 Å². The Morgan fingerprint density at radius 2 is 2.12 bits per heavy atom. The second kappa shape index (κ2) is 6.24. The fourth-order valence-corrected chi connectivity index (χ4v) is 2.06. The third-order valence-corrected chi connectivity index (χ3v) is 3.05. The van der Waals surface area contributed by atoms with Crippen molar-refractivity contribution in [3.8, 4) is 0 Å². The van der Waals surface area contributed by atoms with E-state index in [1.165, 1.54) is 31.3 Å². The van der Waals surface area contributed by atoms with Gasteiger partial charge in [-0.05, 0) is 71.9 Å². The summed E-state index contributed by atoms with van der Waals surface area (Å²) in [5.74, 6) is 0. The predicted molar refractivity (Wildman–Crippen MR) is 72.7 cm³/mol. The first-order valence-corrected chi connectivity index (χ1v) is 6.60. The molecule has 1 aliphatic rings. The highest BCUT2D eigenvalue weighted by atomic mass is 14.9. The molecule has 0 aromatic carbocycles. The number of rotatable bonds is 4. The third kappa shape index (κ3) is 5.50. The molecule has 0 atom stereocenters. The molecule has 0 aromatic rings. The average molecular weight is 221 g/mol. The first-order valence-electron chi connectivity index (χ1n) is 6.60. The fraction of sp³-hybridized carbons (Fsp3) is 0.733. The summed E-state index contributed by atoms with van der Waals surface area (Å²) >= 11 is 0. The van der Waals surface area contributed by atoms with E-state index in [4.69, 9.17) is 0 Å². The molecule has 0 aromatic heterocycles. The van der Waals surface area contributed by atoms with Crippen molar-refractivity contribution in [1.82, 2.24) is 5.32 Å². The molecular weight excluding hydrogens is 194 g/mol. The van der Waals surface area contributed by atoms with Gasteiger partial charge < -0.3 is 5.32 Å². The van der Waals surface area contributed by atoms with Crippen molar-refractivity contribution >= 4 is 0 Å². The third-order valence-electron chi connectivity index (χ3n) is 3.05. The molecule has 0 heterocycles. The minimum atomic E-state index is 0.242. The molecule has 0 fully saturated rings. The zero-order valence-electron chi connectivity index (χ0n) is 11.4. The second-order valence-corrected chi connectivity index (χ2v) is 5.83. The van der Waals surface area contributed by atoms with E-state index in [0.29, 0.717) is 0 Å². The van der Waals surface area contributed by atoms with Gasteiger partial charge in [0, 0.05) is 5.54 Å². The van der Waals surface area contributed by atoms with Gasteiger partial charge >= 0.3 is 0 Å². The summed E-state index contributed by atoms with van der Waals surface area (Å²) in [6.07, 6.45) is 11.3. The highest BCUT2D eigenvalue weighted by Gasteiger charge is 2.07. The van der Waals surface area contributed by atoms with Crippen LogP contribution in [0.25, 0.3) is 0 Å². The van der Waals surface area contributed by atoms with Crippen LogP contribution in [-0.2, 0) is 0 Å². The van der Waals surface area contributed by atoms with Gasteiger partial charge in [0.2, 0.25) is 0 Å². The average Bonchev–Trinajstić information content (AvgIpc) is 2.24. The maximum absolute atomic E-state index is 3.52. The Morgan fingerprint density at radius 1 is 1.38 bits per heavy atom. The molecule has 0 saturated heterocycles. The van der Waals surface area contributed by atoms with Gasteiger partial charge in [0.25, 0.3) is 0 Å². The molecule has 92 valence electrons. The van der Waals surface area contributed by atoms with Gasteiger partial charge in [-0.1, -0.05) is 17.7 Å². The van der Waals surface area contributed by atoms with Crippen LogP contribution in [0.4, 0.5) is 0 Å². The maximum Gasteiger partial charge on any atom is 0.00966 e. The summed E-state index contributed by atoms with van der Waals surface area (Å²) in [6, 6.07) is 0. The molecule has 0 spiro atoms. The Balaban J connectivity index is 2.31. The smallest absolute Gasteiger partial charge is 0.00966 e. The lowest BCUT2D eigenvalue weighted by Gasteiger charge is -2.20. The summed E-state index contributed by atoms with van der Waals surface area (Å²) in [5.41, 5.74) is 3.32. The van der Waals surface area contributed by atoms with Gasteiger partial charge in [0.15, 0.2) is 0 Å². The molecule has 1 aliphatic carbocycles. The van der Waals surface area contributed by atoms with E-state index in [9.17, 15) is 0 Å². The van der Waals surface area contributed by atoms with Crippen LogP contribution in [0.3, 0.4) is 0 Å². The zero-order valence-corrected chi connectivity index (χ0v) is 11.4. The minimum absolute atomic E-state index is 0.242. The summed E-state index contributed by atoms with van der Waals surface area (Å²) in [4.78, 5) is 0. The second-order valence-electron chi connectivity index (χ2n) is 5.83. The van der Waals surface area contributed by atoms with E-state index >= 15 is 0 Å². The number of nitrogens with one attached hydrogen (secondary N) is 1. The number of allylic oxidation sites excluding steroid dienone is 3. The fourth-order valence-electron chi connectivity index (χ4n) is 2.06.